The number of rotatable bonds is 3. The van der Waals surface area contributed by atoms with Gasteiger partial charge in [0.15, 0.2) is 6.29 Å². The number of carbonyl (C=O) groups is 2. The van der Waals surface area contributed by atoms with Gasteiger partial charge < -0.3 is 4.90 Å². The van der Waals surface area contributed by atoms with Crippen molar-refractivity contribution in [2.45, 2.75) is 25.8 Å². The minimum Gasteiger partial charge on any atom is -0.340 e. The standard InChI is InChI=1S/C10H14N4O2/c1-2-10(16)13-4-3-9(6-13)14-5-8(7-15)11-12-14/h5,7,9H,2-4,6H2,1H3/t9-/m0/s1. The number of hydrogen-bond acceptors (Lipinski definition) is 4. The fraction of sp³-hybridized carbons (Fsp3) is 0.600. The molecule has 0 aromatic carbocycles. The Balaban J connectivity index is 2.03. The first kappa shape index (κ1) is 10.8. The fourth-order valence-electron chi connectivity index (χ4n) is 1.93. The quantitative estimate of drug-likeness (QED) is 0.688. The van der Waals surface area contributed by atoms with E-state index in [2.05, 4.69) is 10.3 Å². The van der Waals surface area contributed by atoms with Crippen LogP contribution in [0.5, 0.6) is 0 Å². The molecular weight excluding hydrogens is 208 g/mol. The van der Waals surface area contributed by atoms with E-state index in [9.17, 15) is 9.59 Å². The average molecular weight is 222 g/mol. The first-order chi connectivity index (χ1) is 7.74. The zero-order chi connectivity index (χ0) is 11.5. The van der Waals surface area contributed by atoms with E-state index in [-0.39, 0.29) is 11.9 Å². The van der Waals surface area contributed by atoms with E-state index in [1.54, 1.807) is 10.9 Å². The van der Waals surface area contributed by atoms with Crippen molar-refractivity contribution >= 4 is 12.2 Å². The lowest BCUT2D eigenvalue weighted by Crippen LogP contribution is -2.28. The molecule has 0 unspecified atom stereocenters. The number of carbonyl (C=O) groups excluding carboxylic acids is 2. The van der Waals surface area contributed by atoms with Crippen molar-refractivity contribution in [3.8, 4) is 0 Å². The third kappa shape index (κ3) is 1.95. The summed E-state index contributed by atoms with van der Waals surface area (Å²) in [7, 11) is 0. The molecule has 1 amide bonds. The average Bonchev–Trinajstić information content (AvgIpc) is 2.95. The minimum absolute atomic E-state index is 0.150. The van der Waals surface area contributed by atoms with Crippen molar-refractivity contribution in [1.29, 1.82) is 0 Å². The fourth-order valence-corrected chi connectivity index (χ4v) is 1.93. The Bertz CT molecular complexity index is 401. The van der Waals surface area contributed by atoms with Crippen molar-refractivity contribution < 1.29 is 9.59 Å². The summed E-state index contributed by atoms with van der Waals surface area (Å²) in [5.74, 6) is 0.165. The van der Waals surface area contributed by atoms with E-state index >= 15 is 0 Å². The molecule has 1 aliphatic rings. The lowest BCUT2D eigenvalue weighted by molar-refractivity contribution is -0.129. The van der Waals surface area contributed by atoms with E-state index in [0.29, 0.717) is 24.9 Å². The maximum absolute atomic E-state index is 11.5. The van der Waals surface area contributed by atoms with Crippen LogP contribution in [-0.2, 0) is 4.79 Å². The van der Waals surface area contributed by atoms with Crippen LogP contribution in [0.1, 0.15) is 36.3 Å². The van der Waals surface area contributed by atoms with Gasteiger partial charge in [-0.15, -0.1) is 5.10 Å². The Kier molecular flexibility index (Phi) is 2.98. The first-order valence-electron chi connectivity index (χ1n) is 5.39. The van der Waals surface area contributed by atoms with Crippen LogP contribution >= 0.6 is 0 Å². The molecule has 2 rings (SSSR count). The second-order valence-corrected chi connectivity index (χ2v) is 3.88. The van der Waals surface area contributed by atoms with Gasteiger partial charge in [-0.05, 0) is 6.42 Å². The second kappa shape index (κ2) is 4.42. The first-order valence-corrected chi connectivity index (χ1v) is 5.39. The van der Waals surface area contributed by atoms with Gasteiger partial charge in [-0.2, -0.15) is 0 Å². The van der Waals surface area contributed by atoms with Gasteiger partial charge in [0.05, 0.1) is 12.2 Å². The monoisotopic (exact) mass is 222 g/mol. The van der Waals surface area contributed by atoms with E-state index in [1.807, 2.05) is 11.8 Å². The number of nitrogens with zero attached hydrogens (tertiary/aromatic N) is 4. The van der Waals surface area contributed by atoms with Crippen molar-refractivity contribution in [3.05, 3.63) is 11.9 Å². The van der Waals surface area contributed by atoms with Crippen LogP contribution < -0.4 is 0 Å². The molecule has 6 heteroatoms. The Labute approximate surface area is 93.2 Å². The van der Waals surface area contributed by atoms with E-state index in [4.69, 9.17) is 0 Å². The largest absolute Gasteiger partial charge is 0.340 e. The Morgan fingerprint density at radius 2 is 2.50 bits per heavy atom. The highest BCUT2D eigenvalue weighted by Gasteiger charge is 2.27. The summed E-state index contributed by atoms with van der Waals surface area (Å²) >= 11 is 0. The van der Waals surface area contributed by atoms with Gasteiger partial charge in [0, 0.05) is 19.5 Å². The summed E-state index contributed by atoms with van der Waals surface area (Å²) in [6.07, 6.45) is 3.70. The van der Waals surface area contributed by atoms with Crippen LogP contribution in [-0.4, -0.2) is 45.2 Å². The molecule has 0 N–H and O–H groups in total. The van der Waals surface area contributed by atoms with Crippen molar-refractivity contribution in [2.75, 3.05) is 13.1 Å². The van der Waals surface area contributed by atoms with Crippen LogP contribution in [0.3, 0.4) is 0 Å². The predicted octanol–water partition coefficient (Wildman–Crippen LogP) is 0.274. The molecule has 1 saturated heterocycles. The van der Waals surface area contributed by atoms with Crippen molar-refractivity contribution in [2.24, 2.45) is 0 Å². The SMILES string of the molecule is CCC(=O)N1CC[C@H](n2cc(C=O)nn2)C1. The van der Waals surface area contributed by atoms with Crippen LogP contribution in [0, 0.1) is 0 Å². The Hall–Kier alpha value is -1.72. The zero-order valence-electron chi connectivity index (χ0n) is 9.17. The maximum atomic E-state index is 11.5. The van der Waals surface area contributed by atoms with Crippen LogP contribution in [0.4, 0.5) is 0 Å². The predicted molar refractivity (Wildman–Crippen MR) is 55.9 cm³/mol. The molecule has 0 saturated carbocycles. The third-order valence-corrected chi connectivity index (χ3v) is 2.84. The van der Waals surface area contributed by atoms with Gasteiger partial charge in [-0.3, -0.25) is 9.59 Å². The number of hydrogen-bond donors (Lipinski definition) is 0. The summed E-state index contributed by atoms with van der Waals surface area (Å²) < 4.78 is 1.67. The Morgan fingerprint density at radius 1 is 1.69 bits per heavy atom. The third-order valence-electron chi connectivity index (χ3n) is 2.84. The number of aromatic nitrogens is 3. The van der Waals surface area contributed by atoms with Crippen molar-refractivity contribution in [1.82, 2.24) is 19.9 Å². The van der Waals surface area contributed by atoms with E-state index < -0.39 is 0 Å². The summed E-state index contributed by atoms with van der Waals surface area (Å²) in [5.41, 5.74) is 0.334. The van der Waals surface area contributed by atoms with Gasteiger partial charge >= 0.3 is 0 Å². The van der Waals surface area contributed by atoms with Crippen LogP contribution in [0.25, 0.3) is 0 Å². The molecule has 0 radical (unpaired) electrons. The molecule has 1 fully saturated rings. The highest BCUT2D eigenvalue weighted by Crippen LogP contribution is 2.20. The summed E-state index contributed by atoms with van der Waals surface area (Å²) in [5, 5.41) is 7.60. The molecule has 6 nitrogen and oxygen atoms in total. The molecule has 16 heavy (non-hydrogen) atoms. The van der Waals surface area contributed by atoms with Gasteiger partial charge in [0.1, 0.15) is 5.69 Å². The van der Waals surface area contributed by atoms with Crippen LogP contribution in [0.15, 0.2) is 6.20 Å². The summed E-state index contributed by atoms with van der Waals surface area (Å²) in [4.78, 5) is 23.8. The summed E-state index contributed by atoms with van der Waals surface area (Å²) in [6, 6.07) is 0.150. The molecule has 86 valence electrons. The number of aldehydes is 1. The van der Waals surface area contributed by atoms with Crippen molar-refractivity contribution in [3.63, 3.8) is 0 Å². The maximum Gasteiger partial charge on any atom is 0.222 e. The Morgan fingerprint density at radius 3 is 3.12 bits per heavy atom. The smallest absolute Gasteiger partial charge is 0.222 e. The van der Waals surface area contributed by atoms with Gasteiger partial charge in [0.2, 0.25) is 5.91 Å². The molecule has 1 atom stereocenters. The zero-order valence-corrected chi connectivity index (χ0v) is 9.17. The number of amides is 1. The summed E-state index contributed by atoms with van der Waals surface area (Å²) in [6.45, 7) is 3.28. The second-order valence-electron chi connectivity index (χ2n) is 3.88. The molecule has 0 aliphatic carbocycles. The van der Waals surface area contributed by atoms with E-state index in [1.165, 1.54) is 0 Å². The molecule has 1 aromatic rings. The van der Waals surface area contributed by atoms with E-state index in [0.717, 1.165) is 13.0 Å². The lowest BCUT2D eigenvalue weighted by atomic mass is 10.3. The normalized spacial score (nSPS) is 20.1. The molecule has 1 aliphatic heterocycles. The lowest BCUT2D eigenvalue weighted by Gasteiger charge is -2.15. The topological polar surface area (TPSA) is 68.1 Å². The minimum atomic E-state index is 0.150. The van der Waals surface area contributed by atoms with Crippen LogP contribution in [0.2, 0.25) is 0 Å². The van der Waals surface area contributed by atoms with Gasteiger partial charge in [-0.25, -0.2) is 4.68 Å². The molecule has 0 bridgehead atoms. The highest BCUT2D eigenvalue weighted by molar-refractivity contribution is 5.76. The van der Waals surface area contributed by atoms with Gasteiger partial charge in [-0.1, -0.05) is 12.1 Å². The number of likely N-dealkylation sites (tertiary alicyclic amines) is 1. The molecule has 0 spiro atoms. The molecule has 2 heterocycles. The molecule has 1 aromatic heterocycles. The highest BCUT2D eigenvalue weighted by atomic mass is 16.2. The molecular formula is C10H14N4O2. The van der Waals surface area contributed by atoms with Gasteiger partial charge in [0.25, 0.3) is 0 Å².